The first kappa shape index (κ1) is 25.6. The van der Waals surface area contributed by atoms with Crippen molar-refractivity contribution in [3.63, 3.8) is 0 Å². The first-order chi connectivity index (χ1) is 10.8. The van der Waals surface area contributed by atoms with Gasteiger partial charge in [-0.2, -0.15) is 0 Å². The number of rotatable bonds is 13. The highest BCUT2D eigenvalue weighted by Gasteiger charge is 2.01. The predicted molar refractivity (Wildman–Crippen MR) is 111 cm³/mol. The van der Waals surface area contributed by atoms with E-state index in [9.17, 15) is 0 Å². The molecule has 0 radical (unpaired) electrons. The van der Waals surface area contributed by atoms with Crippen molar-refractivity contribution in [2.24, 2.45) is 0 Å². The lowest BCUT2D eigenvalue weighted by Gasteiger charge is -2.07. The maximum absolute atomic E-state index is 4.35. The van der Waals surface area contributed by atoms with Crippen molar-refractivity contribution in [3.8, 4) is 0 Å². The highest BCUT2D eigenvalue weighted by molar-refractivity contribution is 5.85. The number of hydrogen-bond donors (Lipinski definition) is 1. The summed E-state index contributed by atoms with van der Waals surface area (Å²) < 4.78 is 0. The third-order valence-electron chi connectivity index (χ3n) is 4.87. The first-order valence-electron chi connectivity index (χ1n) is 9.66. The fourth-order valence-electron chi connectivity index (χ4n) is 3.12. The van der Waals surface area contributed by atoms with E-state index in [0.717, 1.165) is 0 Å². The molecule has 1 aromatic rings. The minimum absolute atomic E-state index is 0. The third kappa shape index (κ3) is 11.9. The SMILES string of the molecule is CCCCCCCCCCCCCCc1ccnc(C)c1C.Cl.N. The van der Waals surface area contributed by atoms with Gasteiger partial charge in [-0.05, 0) is 43.9 Å². The van der Waals surface area contributed by atoms with E-state index in [4.69, 9.17) is 0 Å². The number of aromatic nitrogens is 1. The Hall–Kier alpha value is -0.600. The summed E-state index contributed by atoms with van der Waals surface area (Å²) >= 11 is 0. The average molecular weight is 357 g/mol. The molecule has 24 heavy (non-hydrogen) atoms. The van der Waals surface area contributed by atoms with E-state index < -0.39 is 0 Å². The molecule has 0 bridgehead atoms. The molecule has 1 heterocycles. The van der Waals surface area contributed by atoms with Crippen LogP contribution >= 0.6 is 12.4 Å². The van der Waals surface area contributed by atoms with Gasteiger partial charge in [-0.3, -0.25) is 4.98 Å². The highest BCUT2D eigenvalue weighted by Crippen LogP contribution is 2.15. The predicted octanol–water partition coefficient (Wildman–Crippen LogP) is 7.53. The van der Waals surface area contributed by atoms with Gasteiger partial charge < -0.3 is 6.15 Å². The Bertz CT molecular complexity index is 393. The second kappa shape index (κ2) is 17.2. The number of pyridine rings is 1. The van der Waals surface area contributed by atoms with Crippen LogP contribution < -0.4 is 6.15 Å². The van der Waals surface area contributed by atoms with Crippen LogP contribution in [0.3, 0.4) is 0 Å². The lowest BCUT2D eigenvalue weighted by molar-refractivity contribution is 0.544. The van der Waals surface area contributed by atoms with Crippen molar-refractivity contribution in [2.75, 3.05) is 0 Å². The van der Waals surface area contributed by atoms with Gasteiger partial charge in [0.1, 0.15) is 0 Å². The first-order valence-corrected chi connectivity index (χ1v) is 9.66. The summed E-state index contributed by atoms with van der Waals surface area (Å²) in [4.78, 5) is 4.35. The molecule has 0 fully saturated rings. The molecule has 0 aromatic carbocycles. The summed E-state index contributed by atoms with van der Waals surface area (Å²) in [7, 11) is 0. The molecule has 2 nitrogen and oxygen atoms in total. The smallest absolute Gasteiger partial charge is 0.0404 e. The fraction of sp³-hybridized carbons (Fsp3) is 0.762. The molecule has 142 valence electrons. The van der Waals surface area contributed by atoms with Crippen molar-refractivity contribution in [1.82, 2.24) is 11.1 Å². The van der Waals surface area contributed by atoms with E-state index >= 15 is 0 Å². The van der Waals surface area contributed by atoms with E-state index in [2.05, 4.69) is 31.8 Å². The summed E-state index contributed by atoms with van der Waals surface area (Å²) in [5, 5.41) is 0. The van der Waals surface area contributed by atoms with Crippen molar-refractivity contribution < 1.29 is 0 Å². The lowest BCUT2D eigenvalue weighted by atomic mass is 10.0. The monoisotopic (exact) mass is 356 g/mol. The Labute approximate surface area is 157 Å². The van der Waals surface area contributed by atoms with Gasteiger partial charge in [0, 0.05) is 11.9 Å². The quantitative estimate of drug-likeness (QED) is 0.371. The van der Waals surface area contributed by atoms with Gasteiger partial charge in [-0.15, -0.1) is 12.4 Å². The minimum atomic E-state index is 0. The molecule has 1 aromatic heterocycles. The molecule has 0 saturated carbocycles. The molecule has 3 heteroatoms. The largest absolute Gasteiger partial charge is 0.344 e. The van der Waals surface area contributed by atoms with E-state index in [0.29, 0.717) is 0 Å². The molecule has 0 spiro atoms. The van der Waals surface area contributed by atoms with Crippen LogP contribution in [0.15, 0.2) is 12.3 Å². The molecule has 0 aliphatic heterocycles. The zero-order valence-electron chi connectivity index (χ0n) is 16.4. The molecule has 0 aliphatic carbocycles. The van der Waals surface area contributed by atoms with Gasteiger partial charge in [0.15, 0.2) is 0 Å². The zero-order chi connectivity index (χ0) is 16.0. The molecule has 0 saturated heterocycles. The van der Waals surface area contributed by atoms with Gasteiger partial charge in [0.2, 0.25) is 0 Å². The Morgan fingerprint density at radius 2 is 1.21 bits per heavy atom. The summed E-state index contributed by atoms with van der Waals surface area (Å²) in [6.45, 7) is 6.61. The Morgan fingerprint density at radius 1 is 0.750 bits per heavy atom. The highest BCUT2D eigenvalue weighted by atomic mass is 35.5. The van der Waals surface area contributed by atoms with Gasteiger partial charge in [-0.1, -0.05) is 77.6 Å². The Morgan fingerprint density at radius 3 is 1.71 bits per heavy atom. The van der Waals surface area contributed by atoms with Crippen molar-refractivity contribution in [1.29, 1.82) is 0 Å². The lowest BCUT2D eigenvalue weighted by Crippen LogP contribution is -1.95. The normalized spacial score (nSPS) is 10.1. The van der Waals surface area contributed by atoms with Crippen LogP contribution in [-0.4, -0.2) is 4.98 Å². The van der Waals surface area contributed by atoms with Gasteiger partial charge in [0.25, 0.3) is 0 Å². The molecule has 3 N–H and O–H groups in total. The molecule has 0 unspecified atom stereocenters. The van der Waals surface area contributed by atoms with Crippen LogP contribution in [0, 0.1) is 13.8 Å². The molecule has 0 atom stereocenters. The number of nitrogens with zero attached hydrogens (tertiary/aromatic N) is 1. The van der Waals surface area contributed by atoms with Gasteiger partial charge in [0.05, 0.1) is 0 Å². The van der Waals surface area contributed by atoms with Crippen LogP contribution in [0.4, 0.5) is 0 Å². The summed E-state index contributed by atoms with van der Waals surface area (Å²) in [6, 6.07) is 2.20. The number of halogens is 1. The third-order valence-corrected chi connectivity index (χ3v) is 4.87. The van der Waals surface area contributed by atoms with Crippen LogP contribution in [0.2, 0.25) is 0 Å². The second-order valence-corrected chi connectivity index (χ2v) is 6.82. The summed E-state index contributed by atoms with van der Waals surface area (Å²) in [5.41, 5.74) is 4.08. The molecule has 1 rings (SSSR count). The molecular formula is C21H41ClN2. The van der Waals surface area contributed by atoms with Crippen LogP contribution in [-0.2, 0) is 6.42 Å². The Balaban J connectivity index is 0. The van der Waals surface area contributed by atoms with Crippen LogP contribution in [0.1, 0.15) is 101 Å². The fourth-order valence-corrected chi connectivity index (χ4v) is 3.12. The standard InChI is InChI=1S/C21H37N.ClH.H3N/c1-4-5-6-7-8-9-10-11-12-13-14-15-16-21-17-18-22-20(3)19(21)2;;/h17-18H,4-16H2,1-3H3;1H;1H3. The number of unbranched alkanes of at least 4 members (excludes halogenated alkanes) is 11. The minimum Gasteiger partial charge on any atom is -0.344 e. The summed E-state index contributed by atoms with van der Waals surface area (Å²) in [5.74, 6) is 0. The molecular weight excluding hydrogens is 316 g/mol. The van der Waals surface area contributed by atoms with Crippen molar-refractivity contribution in [3.05, 3.63) is 29.1 Å². The maximum Gasteiger partial charge on any atom is 0.0404 e. The topological polar surface area (TPSA) is 47.9 Å². The van der Waals surface area contributed by atoms with Crippen molar-refractivity contribution in [2.45, 2.75) is 104 Å². The van der Waals surface area contributed by atoms with Crippen molar-refractivity contribution >= 4 is 12.4 Å². The maximum atomic E-state index is 4.35. The van der Waals surface area contributed by atoms with E-state index in [1.54, 1.807) is 0 Å². The number of aryl methyl sites for hydroxylation is 2. The second-order valence-electron chi connectivity index (χ2n) is 6.82. The zero-order valence-corrected chi connectivity index (χ0v) is 17.2. The van der Waals surface area contributed by atoms with Gasteiger partial charge in [-0.25, -0.2) is 0 Å². The molecule has 0 aliphatic rings. The van der Waals surface area contributed by atoms with Crippen LogP contribution in [0.25, 0.3) is 0 Å². The summed E-state index contributed by atoms with van der Waals surface area (Å²) in [6.07, 6.45) is 20.3. The van der Waals surface area contributed by atoms with Crippen LogP contribution in [0.5, 0.6) is 0 Å². The number of hydrogen-bond acceptors (Lipinski definition) is 2. The van der Waals surface area contributed by atoms with Gasteiger partial charge >= 0.3 is 0 Å². The average Bonchev–Trinajstić information content (AvgIpc) is 2.52. The van der Waals surface area contributed by atoms with E-state index in [1.165, 1.54) is 100 Å². The Kier molecular flexibility index (Phi) is 18.4. The van der Waals surface area contributed by atoms with E-state index in [-0.39, 0.29) is 18.6 Å². The van der Waals surface area contributed by atoms with E-state index in [1.807, 2.05) is 6.20 Å². The molecule has 0 amide bonds.